The van der Waals surface area contributed by atoms with Crippen LogP contribution in [0.4, 0.5) is 5.69 Å². The number of ether oxygens (including phenoxy) is 2. The van der Waals surface area contributed by atoms with Gasteiger partial charge in [0.05, 0.1) is 34.9 Å². The van der Waals surface area contributed by atoms with Gasteiger partial charge in [-0.15, -0.1) is 0 Å². The van der Waals surface area contributed by atoms with E-state index >= 15 is 0 Å². The zero-order valence-corrected chi connectivity index (χ0v) is 20.7. The molecule has 7 heteroatoms. The highest BCUT2D eigenvalue weighted by Crippen LogP contribution is 2.28. The van der Waals surface area contributed by atoms with Gasteiger partial charge in [0.15, 0.2) is 11.5 Å². The second-order valence-electron chi connectivity index (χ2n) is 9.46. The van der Waals surface area contributed by atoms with Crippen LogP contribution in [0.5, 0.6) is 11.5 Å². The van der Waals surface area contributed by atoms with Crippen LogP contribution < -0.4 is 20.1 Å². The van der Waals surface area contributed by atoms with E-state index in [9.17, 15) is 9.59 Å². The van der Waals surface area contributed by atoms with Crippen LogP contribution in [0.3, 0.4) is 0 Å². The maximum absolute atomic E-state index is 12.9. The van der Waals surface area contributed by atoms with Gasteiger partial charge in [0.25, 0.3) is 11.8 Å². The summed E-state index contributed by atoms with van der Waals surface area (Å²) in [5, 5.41) is 5.91. The standard InChI is InChI=1S/C28H31N3O4/c1-31(2)13-12-20-8-10-24(15-23(20)18-31)30-28(33)21-7-5-6-19(14-21)17-29-27(32)22-9-11-25(34-3)26(16-22)35-4/h5-11,14-16H,12-13,17-18H2,1-4H3,(H-,29,30,32,33)/p+1. The number of amides is 2. The smallest absolute Gasteiger partial charge is 0.255 e. The molecule has 7 nitrogen and oxygen atoms in total. The Labute approximate surface area is 206 Å². The average Bonchev–Trinajstić information content (AvgIpc) is 2.86. The molecular formula is C28H32N3O4+. The number of likely N-dealkylation sites (N-methyl/N-ethyl adjacent to an activating group) is 1. The molecule has 182 valence electrons. The minimum absolute atomic E-state index is 0.178. The molecule has 0 atom stereocenters. The number of benzene rings is 3. The summed E-state index contributed by atoms with van der Waals surface area (Å²) in [5.74, 6) is 0.631. The molecule has 0 aromatic heterocycles. The van der Waals surface area contributed by atoms with Gasteiger partial charge in [0.1, 0.15) is 6.54 Å². The fourth-order valence-corrected chi connectivity index (χ4v) is 4.35. The Hall–Kier alpha value is -3.84. The summed E-state index contributed by atoms with van der Waals surface area (Å²) in [6.07, 6.45) is 1.05. The Balaban J connectivity index is 1.40. The zero-order chi connectivity index (χ0) is 25.0. The summed E-state index contributed by atoms with van der Waals surface area (Å²) in [5.41, 5.74) is 5.26. The van der Waals surface area contributed by atoms with Crippen molar-refractivity contribution in [1.29, 1.82) is 0 Å². The molecule has 0 radical (unpaired) electrons. The molecule has 2 amide bonds. The summed E-state index contributed by atoms with van der Waals surface area (Å²) in [4.78, 5) is 25.5. The van der Waals surface area contributed by atoms with E-state index in [2.05, 4.69) is 36.9 Å². The van der Waals surface area contributed by atoms with E-state index in [-0.39, 0.29) is 11.8 Å². The fourth-order valence-electron chi connectivity index (χ4n) is 4.35. The van der Waals surface area contributed by atoms with E-state index < -0.39 is 0 Å². The van der Waals surface area contributed by atoms with Crippen molar-refractivity contribution in [1.82, 2.24) is 5.32 Å². The van der Waals surface area contributed by atoms with Gasteiger partial charge in [0.2, 0.25) is 0 Å². The number of methoxy groups -OCH3 is 2. The maximum atomic E-state index is 12.9. The average molecular weight is 475 g/mol. The molecule has 2 N–H and O–H groups in total. The third-order valence-electron chi connectivity index (χ3n) is 6.34. The van der Waals surface area contributed by atoms with Crippen LogP contribution >= 0.6 is 0 Å². The molecule has 0 saturated heterocycles. The van der Waals surface area contributed by atoms with Gasteiger partial charge < -0.3 is 24.6 Å². The number of nitrogens with one attached hydrogen (secondary N) is 2. The molecule has 3 aromatic carbocycles. The van der Waals surface area contributed by atoms with Gasteiger partial charge in [-0.25, -0.2) is 0 Å². The topological polar surface area (TPSA) is 76.7 Å². The van der Waals surface area contributed by atoms with Crippen molar-refractivity contribution in [2.75, 3.05) is 40.2 Å². The number of anilines is 1. The van der Waals surface area contributed by atoms with Gasteiger partial charge in [-0.05, 0) is 53.6 Å². The van der Waals surface area contributed by atoms with E-state index in [0.29, 0.717) is 29.2 Å². The van der Waals surface area contributed by atoms with Crippen LogP contribution in [0.1, 0.15) is 37.4 Å². The number of fused-ring (bicyclic) bond motifs is 1. The molecule has 3 aromatic rings. The lowest BCUT2D eigenvalue weighted by atomic mass is 9.98. The van der Waals surface area contributed by atoms with Gasteiger partial charge >= 0.3 is 0 Å². The molecule has 4 rings (SSSR count). The maximum Gasteiger partial charge on any atom is 0.255 e. The molecule has 0 spiro atoms. The summed E-state index contributed by atoms with van der Waals surface area (Å²) < 4.78 is 11.4. The van der Waals surface area contributed by atoms with Gasteiger partial charge in [0, 0.05) is 35.3 Å². The van der Waals surface area contributed by atoms with E-state index in [1.807, 2.05) is 18.2 Å². The van der Waals surface area contributed by atoms with Crippen LogP contribution in [0.15, 0.2) is 60.7 Å². The molecule has 0 bridgehead atoms. The minimum atomic E-state index is -0.240. The van der Waals surface area contributed by atoms with E-state index in [1.165, 1.54) is 18.2 Å². The number of carbonyl (C=O) groups excluding carboxylic acids is 2. The first-order valence-electron chi connectivity index (χ1n) is 11.6. The third-order valence-corrected chi connectivity index (χ3v) is 6.34. The lowest BCUT2D eigenvalue weighted by molar-refractivity contribution is -0.905. The highest BCUT2D eigenvalue weighted by Gasteiger charge is 2.24. The highest BCUT2D eigenvalue weighted by atomic mass is 16.5. The normalized spacial score (nSPS) is 13.9. The van der Waals surface area contributed by atoms with Gasteiger partial charge in [-0.2, -0.15) is 0 Å². The number of hydrogen-bond acceptors (Lipinski definition) is 4. The molecule has 35 heavy (non-hydrogen) atoms. The van der Waals surface area contributed by atoms with Crippen LogP contribution in [0.2, 0.25) is 0 Å². The number of nitrogens with zero attached hydrogens (tertiary/aromatic N) is 1. The second kappa shape index (κ2) is 10.2. The predicted molar refractivity (Wildman–Crippen MR) is 136 cm³/mol. The first kappa shape index (κ1) is 24.3. The predicted octanol–water partition coefficient (Wildman–Crippen LogP) is 4.02. The lowest BCUT2D eigenvalue weighted by Gasteiger charge is -2.35. The van der Waals surface area contributed by atoms with Crippen molar-refractivity contribution >= 4 is 17.5 Å². The second-order valence-corrected chi connectivity index (χ2v) is 9.46. The molecule has 0 fully saturated rings. The number of quaternary nitrogens is 1. The van der Waals surface area contributed by atoms with Crippen LogP contribution in [0, 0.1) is 0 Å². The Morgan fingerprint density at radius 1 is 0.857 bits per heavy atom. The zero-order valence-electron chi connectivity index (χ0n) is 20.7. The molecule has 0 unspecified atom stereocenters. The first-order chi connectivity index (χ1) is 16.8. The van der Waals surface area contributed by atoms with Gasteiger partial charge in [-0.1, -0.05) is 18.2 Å². The Morgan fingerprint density at radius 2 is 1.63 bits per heavy atom. The molecule has 1 aliphatic heterocycles. The van der Waals surface area contributed by atoms with Crippen molar-refractivity contribution in [3.05, 3.63) is 88.5 Å². The largest absolute Gasteiger partial charge is 0.493 e. The van der Waals surface area contributed by atoms with Crippen LogP contribution in [0.25, 0.3) is 0 Å². The number of carbonyl (C=O) groups is 2. The van der Waals surface area contributed by atoms with Crippen LogP contribution in [-0.2, 0) is 19.5 Å². The van der Waals surface area contributed by atoms with E-state index in [4.69, 9.17) is 9.47 Å². The van der Waals surface area contributed by atoms with Crippen molar-refractivity contribution < 1.29 is 23.5 Å². The van der Waals surface area contributed by atoms with Crippen molar-refractivity contribution in [2.24, 2.45) is 0 Å². The van der Waals surface area contributed by atoms with Crippen molar-refractivity contribution in [2.45, 2.75) is 19.5 Å². The molecular weight excluding hydrogens is 442 g/mol. The quantitative estimate of drug-likeness (QED) is 0.507. The SMILES string of the molecule is COc1ccc(C(=O)NCc2cccc(C(=O)Nc3ccc4c(c3)C[N+](C)(C)CC4)c2)cc1OC. The summed E-state index contributed by atoms with van der Waals surface area (Å²) in [7, 11) is 7.53. The van der Waals surface area contributed by atoms with Crippen LogP contribution in [-0.4, -0.2) is 51.2 Å². The van der Waals surface area contributed by atoms with Crippen molar-refractivity contribution in [3.63, 3.8) is 0 Å². The van der Waals surface area contributed by atoms with Gasteiger partial charge in [-0.3, -0.25) is 9.59 Å². The molecule has 0 aliphatic carbocycles. The fraction of sp³-hybridized carbons (Fsp3) is 0.286. The monoisotopic (exact) mass is 474 g/mol. The lowest BCUT2D eigenvalue weighted by Crippen LogP contribution is -2.43. The Kier molecular flexibility index (Phi) is 7.07. The number of hydrogen-bond donors (Lipinski definition) is 2. The summed E-state index contributed by atoms with van der Waals surface area (Å²) in [6, 6.07) is 18.4. The summed E-state index contributed by atoms with van der Waals surface area (Å²) in [6.45, 7) is 2.36. The number of rotatable bonds is 7. The molecule has 1 aliphatic rings. The molecule has 1 heterocycles. The van der Waals surface area contributed by atoms with E-state index in [1.54, 1.807) is 37.4 Å². The highest BCUT2D eigenvalue weighted by molar-refractivity contribution is 6.04. The molecule has 0 saturated carbocycles. The third kappa shape index (κ3) is 5.81. The summed E-state index contributed by atoms with van der Waals surface area (Å²) >= 11 is 0. The minimum Gasteiger partial charge on any atom is -0.493 e. The van der Waals surface area contributed by atoms with Crippen molar-refractivity contribution in [3.8, 4) is 11.5 Å². The van der Waals surface area contributed by atoms with E-state index in [0.717, 1.165) is 35.2 Å². The first-order valence-corrected chi connectivity index (χ1v) is 11.6. The Bertz CT molecular complexity index is 1250. The Morgan fingerprint density at radius 3 is 2.40 bits per heavy atom.